The number of hydrogen-bond donors (Lipinski definition) is 2. The van der Waals surface area contributed by atoms with Gasteiger partial charge in [0.25, 0.3) is 0 Å². The first kappa shape index (κ1) is 14.8. The van der Waals surface area contributed by atoms with Crippen molar-refractivity contribution in [2.45, 2.75) is 12.5 Å². The van der Waals surface area contributed by atoms with Gasteiger partial charge in [0, 0.05) is 45.0 Å². The molecule has 100 valence electrons. The highest BCUT2D eigenvalue weighted by atomic mass is 32.2. The first-order valence-corrected chi connectivity index (χ1v) is 7.16. The summed E-state index contributed by atoms with van der Waals surface area (Å²) in [6.07, 6.45) is 1.03. The zero-order valence-electron chi connectivity index (χ0n) is 10.7. The van der Waals surface area contributed by atoms with E-state index in [-0.39, 0.29) is 11.9 Å². The van der Waals surface area contributed by atoms with E-state index >= 15 is 0 Å². The van der Waals surface area contributed by atoms with E-state index in [0.29, 0.717) is 6.54 Å². The Balaban J connectivity index is 2.00. The van der Waals surface area contributed by atoms with E-state index in [1.807, 2.05) is 0 Å². The molecule has 1 saturated heterocycles. The molecule has 1 aliphatic rings. The molecular weight excluding hydrogens is 238 g/mol. The SMILES string of the molecule is COCCCN(C)CCNC(=O)C1CSCN1. The average molecular weight is 261 g/mol. The van der Waals surface area contributed by atoms with Gasteiger partial charge in [-0.2, -0.15) is 0 Å². The van der Waals surface area contributed by atoms with Gasteiger partial charge in [-0.05, 0) is 13.5 Å². The number of nitrogens with one attached hydrogen (secondary N) is 2. The Morgan fingerprint density at radius 2 is 2.41 bits per heavy atom. The van der Waals surface area contributed by atoms with Gasteiger partial charge >= 0.3 is 0 Å². The van der Waals surface area contributed by atoms with Gasteiger partial charge in [0.05, 0.1) is 6.04 Å². The monoisotopic (exact) mass is 261 g/mol. The number of ether oxygens (including phenoxy) is 1. The van der Waals surface area contributed by atoms with Crippen LogP contribution in [0.4, 0.5) is 0 Å². The van der Waals surface area contributed by atoms with Crippen LogP contribution >= 0.6 is 11.8 Å². The predicted octanol–water partition coefficient (Wildman–Crippen LogP) is -0.267. The van der Waals surface area contributed by atoms with E-state index in [2.05, 4.69) is 22.6 Å². The fourth-order valence-electron chi connectivity index (χ4n) is 1.65. The highest BCUT2D eigenvalue weighted by Gasteiger charge is 2.21. The largest absolute Gasteiger partial charge is 0.385 e. The Morgan fingerprint density at radius 3 is 3.06 bits per heavy atom. The number of carbonyl (C=O) groups excluding carboxylic acids is 1. The summed E-state index contributed by atoms with van der Waals surface area (Å²) >= 11 is 1.77. The van der Waals surface area contributed by atoms with E-state index in [9.17, 15) is 4.79 Å². The molecule has 0 bridgehead atoms. The predicted molar refractivity (Wildman–Crippen MR) is 71.2 cm³/mol. The van der Waals surface area contributed by atoms with Crippen molar-refractivity contribution in [3.05, 3.63) is 0 Å². The topological polar surface area (TPSA) is 53.6 Å². The number of hydrogen-bond acceptors (Lipinski definition) is 5. The zero-order chi connectivity index (χ0) is 12.5. The maximum atomic E-state index is 11.7. The average Bonchev–Trinajstić information content (AvgIpc) is 2.82. The molecule has 2 N–H and O–H groups in total. The lowest BCUT2D eigenvalue weighted by molar-refractivity contribution is -0.122. The third-order valence-corrected chi connectivity index (χ3v) is 3.65. The Labute approximate surface area is 108 Å². The Bertz CT molecular complexity index is 223. The molecule has 5 nitrogen and oxygen atoms in total. The lowest BCUT2D eigenvalue weighted by Crippen LogP contribution is -2.44. The van der Waals surface area contributed by atoms with Crippen LogP contribution < -0.4 is 10.6 Å². The summed E-state index contributed by atoms with van der Waals surface area (Å²) in [7, 11) is 3.78. The van der Waals surface area contributed by atoms with Crippen LogP contribution in [-0.2, 0) is 9.53 Å². The summed E-state index contributed by atoms with van der Waals surface area (Å²) in [5.41, 5.74) is 0. The molecule has 17 heavy (non-hydrogen) atoms. The van der Waals surface area contributed by atoms with Crippen LogP contribution in [0.15, 0.2) is 0 Å². The molecule has 1 aliphatic heterocycles. The number of carbonyl (C=O) groups is 1. The first-order chi connectivity index (χ1) is 8.24. The summed E-state index contributed by atoms with van der Waals surface area (Å²) in [5, 5.41) is 6.12. The summed E-state index contributed by atoms with van der Waals surface area (Å²) in [6.45, 7) is 3.39. The lowest BCUT2D eigenvalue weighted by Gasteiger charge is -2.17. The molecular formula is C11H23N3O2S. The van der Waals surface area contributed by atoms with Crippen LogP contribution in [0.1, 0.15) is 6.42 Å². The van der Waals surface area contributed by atoms with Crippen molar-refractivity contribution in [2.75, 3.05) is 52.0 Å². The van der Waals surface area contributed by atoms with Crippen molar-refractivity contribution >= 4 is 17.7 Å². The van der Waals surface area contributed by atoms with Crippen molar-refractivity contribution in [1.82, 2.24) is 15.5 Å². The number of amides is 1. The summed E-state index contributed by atoms with van der Waals surface area (Å²) in [5.74, 6) is 1.89. The highest BCUT2D eigenvalue weighted by Crippen LogP contribution is 2.08. The molecule has 1 amide bonds. The number of likely N-dealkylation sites (N-methyl/N-ethyl adjacent to an activating group) is 1. The van der Waals surface area contributed by atoms with Gasteiger partial charge in [-0.25, -0.2) is 0 Å². The lowest BCUT2D eigenvalue weighted by atomic mass is 10.3. The second-order valence-corrected chi connectivity index (χ2v) is 5.24. The molecule has 0 aliphatic carbocycles. The Morgan fingerprint density at radius 1 is 1.59 bits per heavy atom. The standard InChI is InChI=1S/C11H23N3O2S/c1-14(5-3-7-16-2)6-4-12-11(15)10-8-17-9-13-10/h10,13H,3-9H2,1-2H3,(H,12,15). The van der Waals surface area contributed by atoms with Gasteiger partial charge < -0.3 is 15.0 Å². The van der Waals surface area contributed by atoms with Gasteiger partial charge in [-0.1, -0.05) is 0 Å². The van der Waals surface area contributed by atoms with E-state index in [1.165, 1.54) is 0 Å². The molecule has 0 radical (unpaired) electrons. The molecule has 0 spiro atoms. The minimum absolute atomic E-state index is 0.00111. The van der Waals surface area contributed by atoms with Crippen LogP contribution in [0.5, 0.6) is 0 Å². The fraction of sp³-hybridized carbons (Fsp3) is 0.909. The second-order valence-electron chi connectivity index (χ2n) is 4.21. The molecule has 1 atom stereocenters. The van der Waals surface area contributed by atoms with E-state index < -0.39 is 0 Å². The number of rotatable bonds is 8. The van der Waals surface area contributed by atoms with Gasteiger partial charge in [-0.3, -0.25) is 10.1 Å². The van der Waals surface area contributed by atoms with E-state index in [4.69, 9.17) is 4.74 Å². The molecule has 0 saturated carbocycles. The van der Waals surface area contributed by atoms with E-state index in [1.54, 1.807) is 18.9 Å². The molecule has 1 unspecified atom stereocenters. The molecule has 0 aromatic rings. The van der Waals surface area contributed by atoms with E-state index in [0.717, 1.165) is 37.7 Å². The molecule has 0 aromatic carbocycles. The summed E-state index contributed by atoms with van der Waals surface area (Å²) in [4.78, 5) is 13.9. The van der Waals surface area contributed by atoms with Gasteiger partial charge in [0.15, 0.2) is 0 Å². The molecule has 0 aromatic heterocycles. The third kappa shape index (κ3) is 6.26. The van der Waals surface area contributed by atoms with Gasteiger partial charge in [0.2, 0.25) is 5.91 Å². The van der Waals surface area contributed by atoms with Gasteiger partial charge in [-0.15, -0.1) is 11.8 Å². The Kier molecular flexibility index (Phi) is 7.59. The van der Waals surface area contributed by atoms with Crippen molar-refractivity contribution < 1.29 is 9.53 Å². The molecule has 1 fully saturated rings. The molecule has 6 heteroatoms. The maximum absolute atomic E-state index is 11.7. The van der Waals surface area contributed by atoms with Crippen LogP contribution in [0.3, 0.4) is 0 Å². The fourth-order valence-corrected chi connectivity index (χ4v) is 2.59. The van der Waals surface area contributed by atoms with Crippen molar-refractivity contribution in [1.29, 1.82) is 0 Å². The second kappa shape index (κ2) is 8.74. The maximum Gasteiger partial charge on any atom is 0.238 e. The zero-order valence-corrected chi connectivity index (χ0v) is 11.5. The van der Waals surface area contributed by atoms with Crippen LogP contribution in [0.25, 0.3) is 0 Å². The minimum Gasteiger partial charge on any atom is -0.385 e. The third-order valence-electron chi connectivity index (χ3n) is 2.71. The quantitative estimate of drug-likeness (QED) is 0.589. The summed E-state index contributed by atoms with van der Waals surface area (Å²) < 4.78 is 5.00. The van der Waals surface area contributed by atoms with Gasteiger partial charge in [0.1, 0.15) is 0 Å². The number of nitrogens with zero attached hydrogens (tertiary/aromatic N) is 1. The van der Waals surface area contributed by atoms with Crippen molar-refractivity contribution in [2.24, 2.45) is 0 Å². The van der Waals surface area contributed by atoms with Crippen molar-refractivity contribution in [3.63, 3.8) is 0 Å². The summed E-state index contributed by atoms with van der Waals surface area (Å²) in [6, 6.07) is -0.00111. The normalized spacial score (nSPS) is 19.8. The molecule has 1 heterocycles. The highest BCUT2D eigenvalue weighted by molar-refractivity contribution is 7.99. The van der Waals surface area contributed by atoms with Crippen LogP contribution in [0, 0.1) is 0 Å². The van der Waals surface area contributed by atoms with Crippen LogP contribution in [-0.4, -0.2) is 68.9 Å². The number of thioether (sulfide) groups is 1. The Hall–Kier alpha value is -0.300. The van der Waals surface area contributed by atoms with Crippen LogP contribution in [0.2, 0.25) is 0 Å². The van der Waals surface area contributed by atoms with Crippen molar-refractivity contribution in [3.8, 4) is 0 Å². The minimum atomic E-state index is -0.00111. The molecule has 1 rings (SSSR count). The smallest absolute Gasteiger partial charge is 0.238 e. The number of methoxy groups -OCH3 is 1. The first-order valence-electron chi connectivity index (χ1n) is 6.00.